The molecule has 0 bridgehead atoms. The van der Waals surface area contributed by atoms with Gasteiger partial charge in [0.1, 0.15) is 6.17 Å². The number of aliphatic hydroxyl groups excluding tert-OH is 2. The van der Waals surface area contributed by atoms with Gasteiger partial charge in [0, 0.05) is 24.7 Å². The van der Waals surface area contributed by atoms with Gasteiger partial charge in [-0.3, -0.25) is 4.90 Å². The van der Waals surface area contributed by atoms with Crippen molar-refractivity contribution in [3.05, 3.63) is 34.4 Å². The number of nitrogens with zero attached hydrogens (tertiary/aromatic N) is 1. The van der Waals surface area contributed by atoms with Gasteiger partial charge >= 0.3 is 0 Å². The van der Waals surface area contributed by atoms with Crippen molar-refractivity contribution in [2.24, 2.45) is 5.73 Å². The third-order valence-corrected chi connectivity index (χ3v) is 4.79. The fourth-order valence-corrected chi connectivity index (χ4v) is 3.33. The fraction of sp³-hybridized carbons (Fsp3) is 0.625. The second kappa shape index (κ2) is 6.22. The lowest BCUT2D eigenvalue weighted by molar-refractivity contribution is -0.0918. The molecule has 0 spiro atoms. The van der Waals surface area contributed by atoms with Crippen molar-refractivity contribution in [3.8, 4) is 0 Å². The van der Waals surface area contributed by atoms with Crippen LogP contribution in [-0.2, 0) is 11.3 Å². The molecule has 1 saturated heterocycles. The molecule has 1 aromatic carbocycles. The molecule has 4 atom stereocenters. The van der Waals surface area contributed by atoms with Crippen LogP contribution in [0.25, 0.3) is 0 Å². The number of ether oxygens (including phenoxy) is 1. The van der Waals surface area contributed by atoms with Gasteiger partial charge in [-0.2, -0.15) is 0 Å². The van der Waals surface area contributed by atoms with E-state index in [4.69, 9.17) is 10.5 Å². The highest BCUT2D eigenvalue weighted by atomic mass is 19.1. The first-order valence-electron chi connectivity index (χ1n) is 7.69. The Morgan fingerprint density at radius 3 is 3.00 bits per heavy atom. The molecule has 6 heteroatoms. The minimum absolute atomic E-state index is 0.268. The van der Waals surface area contributed by atoms with E-state index in [1.807, 2.05) is 17.9 Å². The molecule has 0 aromatic heterocycles. The monoisotopic (exact) mass is 310 g/mol. The van der Waals surface area contributed by atoms with Gasteiger partial charge < -0.3 is 20.7 Å². The molecule has 2 aliphatic heterocycles. The number of fused-ring (bicyclic) bond motifs is 1. The number of halogens is 1. The van der Waals surface area contributed by atoms with E-state index in [9.17, 15) is 14.6 Å². The zero-order chi connectivity index (χ0) is 15.9. The average molecular weight is 310 g/mol. The molecule has 3 rings (SSSR count). The quantitative estimate of drug-likeness (QED) is 0.774. The third-order valence-electron chi connectivity index (χ3n) is 4.79. The van der Waals surface area contributed by atoms with Gasteiger partial charge in [0.25, 0.3) is 0 Å². The minimum atomic E-state index is -1.04. The first kappa shape index (κ1) is 15.8. The summed E-state index contributed by atoms with van der Waals surface area (Å²) < 4.78 is 18.9. The normalized spacial score (nSPS) is 30.3. The average Bonchev–Trinajstić information content (AvgIpc) is 2.86. The zero-order valence-corrected chi connectivity index (χ0v) is 12.7. The van der Waals surface area contributed by atoms with Gasteiger partial charge in [-0.1, -0.05) is 12.1 Å². The van der Waals surface area contributed by atoms with Gasteiger partial charge in [-0.05, 0) is 36.6 Å². The molecule has 0 saturated carbocycles. The fourth-order valence-electron chi connectivity index (χ4n) is 3.33. The van der Waals surface area contributed by atoms with E-state index in [2.05, 4.69) is 0 Å². The highest BCUT2D eigenvalue weighted by Crippen LogP contribution is 2.34. The van der Waals surface area contributed by atoms with Gasteiger partial charge in [-0.15, -0.1) is 0 Å². The van der Waals surface area contributed by atoms with E-state index in [0.717, 1.165) is 22.3 Å². The Balaban J connectivity index is 1.72. The van der Waals surface area contributed by atoms with E-state index in [1.165, 1.54) is 0 Å². The Hall–Kier alpha value is -1.05. The van der Waals surface area contributed by atoms with Crippen molar-refractivity contribution >= 4 is 0 Å². The van der Waals surface area contributed by atoms with Crippen molar-refractivity contribution in [1.82, 2.24) is 4.90 Å². The van der Waals surface area contributed by atoms with Gasteiger partial charge in [0.15, 0.2) is 6.29 Å². The number of hydrogen-bond donors (Lipinski definition) is 3. The van der Waals surface area contributed by atoms with Crippen LogP contribution in [0.3, 0.4) is 0 Å². The van der Waals surface area contributed by atoms with E-state index in [1.54, 1.807) is 6.07 Å². The standard InChI is InChI=1S/C16H23FN2O3/c1-9-10(2-3-11-12(9)8-22-16(11)21)15(20)7-19-5-4-14(18)13(17)6-19/h2-3,13-16,20-21H,4-8,18H2,1H3/t13-,14+,15-,16?/m0/s1. The summed E-state index contributed by atoms with van der Waals surface area (Å²) in [5.74, 6) is 0. The lowest BCUT2D eigenvalue weighted by Crippen LogP contribution is -2.49. The van der Waals surface area contributed by atoms with Crippen LogP contribution in [0.2, 0.25) is 0 Å². The molecule has 2 aliphatic rings. The Morgan fingerprint density at radius 2 is 2.27 bits per heavy atom. The van der Waals surface area contributed by atoms with Gasteiger partial charge in [0.2, 0.25) is 0 Å². The van der Waals surface area contributed by atoms with E-state index in [-0.39, 0.29) is 6.54 Å². The predicted octanol–water partition coefficient (Wildman–Crippen LogP) is 0.921. The number of aliphatic hydroxyl groups is 2. The SMILES string of the molecule is Cc1c([C@@H](O)CN2CC[C@@H](N)[C@@H](F)C2)ccc2c1COC2O. The second-order valence-corrected chi connectivity index (χ2v) is 6.25. The molecule has 1 fully saturated rings. The van der Waals surface area contributed by atoms with Crippen LogP contribution in [-0.4, -0.2) is 47.0 Å². The van der Waals surface area contributed by atoms with Crippen LogP contribution < -0.4 is 5.73 Å². The maximum atomic E-state index is 13.7. The van der Waals surface area contributed by atoms with Crippen LogP contribution in [0.1, 0.15) is 41.1 Å². The minimum Gasteiger partial charge on any atom is -0.387 e. The molecule has 122 valence electrons. The van der Waals surface area contributed by atoms with Crippen molar-refractivity contribution in [2.75, 3.05) is 19.6 Å². The summed E-state index contributed by atoms with van der Waals surface area (Å²) in [4.78, 5) is 1.91. The maximum Gasteiger partial charge on any atom is 0.181 e. The van der Waals surface area contributed by atoms with Crippen LogP contribution in [0.4, 0.5) is 4.39 Å². The van der Waals surface area contributed by atoms with Crippen molar-refractivity contribution in [3.63, 3.8) is 0 Å². The number of β-amino-alcohol motifs (C(OH)–C–C–N with tert-alkyl or cyclic N) is 1. The maximum absolute atomic E-state index is 13.7. The van der Waals surface area contributed by atoms with Crippen LogP contribution >= 0.6 is 0 Å². The molecule has 22 heavy (non-hydrogen) atoms. The number of nitrogens with two attached hydrogens (primary N) is 1. The zero-order valence-electron chi connectivity index (χ0n) is 12.7. The Morgan fingerprint density at radius 1 is 1.50 bits per heavy atom. The molecule has 5 nitrogen and oxygen atoms in total. The summed E-state index contributed by atoms with van der Waals surface area (Å²) in [6, 6.07) is 3.22. The molecule has 0 aliphatic carbocycles. The Labute approximate surface area is 129 Å². The smallest absolute Gasteiger partial charge is 0.181 e. The molecule has 1 aromatic rings. The number of likely N-dealkylation sites (tertiary alicyclic amines) is 1. The summed E-state index contributed by atoms with van der Waals surface area (Å²) in [5, 5.41) is 20.2. The highest BCUT2D eigenvalue weighted by molar-refractivity contribution is 5.43. The summed E-state index contributed by atoms with van der Waals surface area (Å²) in [6.07, 6.45) is -2.00. The number of rotatable bonds is 3. The number of piperidine rings is 1. The van der Waals surface area contributed by atoms with E-state index in [0.29, 0.717) is 26.1 Å². The van der Waals surface area contributed by atoms with Crippen LogP contribution in [0, 0.1) is 6.92 Å². The molecule has 2 heterocycles. The van der Waals surface area contributed by atoms with Crippen molar-refractivity contribution in [1.29, 1.82) is 0 Å². The lowest BCUT2D eigenvalue weighted by atomic mass is 9.94. The molecule has 1 unspecified atom stereocenters. The summed E-state index contributed by atoms with van der Waals surface area (Å²) in [7, 11) is 0. The second-order valence-electron chi connectivity index (χ2n) is 6.25. The number of alkyl halides is 1. The first-order chi connectivity index (χ1) is 10.5. The van der Waals surface area contributed by atoms with Crippen molar-refractivity contribution < 1.29 is 19.3 Å². The van der Waals surface area contributed by atoms with E-state index < -0.39 is 24.6 Å². The third kappa shape index (κ3) is 2.89. The van der Waals surface area contributed by atoms with Crippen molar-refractivity contribution in [2.45, 2.75) is 44.6 Å². The summed E-state index contributed by atoms with van der Waals surface area (Å²) in [6.45, 7) is 3.63. The summed E-state index contributed by atoms with van der Waals surface area (Å²) >= 11 is 0. The first-order valence-corrected chi connectivity index (χ1v) is 7.69. The Kier molecular flexibility index (Phi) is 4.47. The van der Waals surface area contributed by atoms with Crippen LogP contribution in [0.5, 0.6) is 0 Å². The van der Waals surface area contributed by atoms with Crippen LogP contribution in [0.15, 0.2) is 12.1 Å². The lowest BCUT2D eigenvalue weighted by Gasteiger charge is -2.34. The molecular weight excluding hydrogens is 287 g/mol. The van der Waals surface area contributed by atoms with Gasteiger partial charge in [0.05, 0.1) is 12.7 Å². The van der Waals surface area contributed by atoms with Gasteiger partial charge in [-0.25, -0.2) is 4.39 Å². The molecular formula is C16H23FN2O3. The summed E-state index contributed by atoms with van der Waals surface area (Å²) in [5.41, 5.74) is 9.13. The number of benzene rings is 1. The Bertz CT molecular complexity index is 554. The topological polar surface area (TPSA) is 79.0 Å². The van der Waals surface area contributed by atoms with E-state index >= 15 is 0 Å². The molecule has 0 radical (unpaired) electrons. The molecule has 0 amide bonds. The molecule has 4 N–H and O–H groups in total. The highest BCUT2D eigenvalue weighted by Gasteiger charge is 2.29. The predicted molar refractivity (Wildman–Crippen MR) is 79.8 cm³/mol. The largest absolute Gasteiger partial charge is 0.387 e. The number of hydrogen-bond acceptors (Lipinski definition) is 5.